The van der Waals surface area contributed by atoms with Crippen molar-refractivity contribution in [3.8, 4) is 0 Å². The van der Waals surface area contributed by atoms with E-state index in [4.69, 9.17) is 0 Å². The third kappa shape index (κ3) is 0.744. The summed E-state index contributed by atoms with van der Waals surface area (Å²) in [5.74, 6) is 6.75. The zero-order chi connectivity index (χ0) is 8.29. The van der Waals surface area contributed by atoms with E-state index in [0.29, 0.717) is 0 Å². The molecule has 0 heterocycles. The summed E-state index contributed by atoms with van der Waals surface area (Å²) in [6.45, 7) is 4.99. The standard InChI is InChI=1S/C12H20/c1-7-3-4-10-11-6-9(12(7)10)5-8(11)2/h7-12H,3-6H2,1-2H3. The molecule has 6 unspecified atom stereocenters. The number of rotatable bonds is 0. The van der Waals surface area contributed by atoms with E-state index in [9.17, 15) is 0 Å². The Morgan fingerprint density at radius 2 is 1.67 bits per heavy atom. The maximum atomic E-state index is 2.50. The van der Waals surface area contributed by atoms with Crippen molar-refractivity contribution in [3.63, 3.8) is 0 Å². The molecular formula is C12H20. The van der Waals surface area contributed by atoms with E-state index in [0.717, 1.165) is 35.5 Å². The molecule has 0 heteroatoms. The van der Waals surface area contributed by atoms with E-state index < -0.39 is 0 Å². The van der Waals surface area contributed by atoms with Gasteiger partial charge < -0.3 is 0 Å². The molecule has 0 spiro atoms. The second-order valence-electron chi connectivity index (χ2n) is 5.67. The van der Waals surface area contributed by atoms with Crippen molar-refractivity contribution in [2.45, 2.75) is 39.5 Å². The molecule has 0 N–H and O–H groups in total. The Hall–Kier alpha value is 0. The Kier molecular flexibility index (Phi) is 1.40. The number of fused-ring (bicyclic) bond motifs is 5. The quantitative estimate of drug-likeness (QED) is 0.515. The highest BCUT2D eigenvalue weighted by atomic mass is 14.6. The summed E-state index contributed by atoms with van der Waals surface area (Å²) in [4.78, 5) is 0. The first-order valence-corrected chi connectivity index (χ1v) is 5.77. The van der Waals surface area contributed by atoms with Crippen LogP contribution in [0.5, 0.6) is 0 Å². The number of hydrogen-bond donors (Lipinski definition) is 0. The zero-order valence-corrected chi connectivity index (χ0v) is 8.29. The predicted octanol–water partition coefficient (Wildman–Crippen LogP) is 3.32. The molecule has 0 aliphatic heterocycles. The maximum Gasteiger partial charge on any atom is -0.0329 e. The first kappa shape index (κ1) is 7.41. The molecule has 68 valence electrons. The van der Waals surface area contributed by atoms with E-state index in [1.165, 1.54) is 6.42 Å². The van der Waals surface area contributed by atoms with Gasteiger partial charge in [-0.3, -0.25) is 0 Å². The Morgan fingerprint density at radius 1 is 0.833 bits per heavy atom. The Balaban J connectivity index is 1.89. The van der Waals surface area contributed by atoms with E-state index >= 15 is 0 Å². The Morgan fingerprint density at radius 3 is 2.50 bits per heavy atom. The third-order valence-corrected chi connectivity index (χ3v) is 5.18. The van der Waals surface area contributed by atoms with Crippen LogP contribution in [0.1, 0.15) is 39.5 Å². The van der Waals surface area contributed by atoms with Gasteiger partial charge in [-0.05, 0) is 54.8 Å². The Bertz CT molecular complexity index is 196. The molecule has 0 aromatic heterocycles. The summed E-state index contributed by atoms with van der Waals surface area (Å²) in [7, 11) is 0. The molecule has 0 aromatic rings. The maximum absolute atomic E-state index is 2.50. The highest BCUT2D eigenvalue weighted by Gasteiger charge is 2.54. The minimum absolute atomic E-state index is 1.07. The van der Waals surface area contributed by atoms with Gasteiger partial charge in [0.2, 0.25) is 0 Å². The van der Waals surface area contributed by atoms with Gasteiger partial charge in [0.1, 0.15) is 0 Å². The van der Waals surface area contributed by atoms with Crippen molar-refractivity contribution in [3.05, 3.63) is 0 Å². The largest absolute Gasteiger partial charge is 0.0622 e. The van der Waals surface area contributed by atoms with E-state index in [1.807, 2.05) is 0 Å². The minimum Gasteiger partial charge on any atom is -0.0622 e. The van der Waals surface area contributed by atoms with Crippen LogP contribution in [0, 0.1) is 35.5 Å². The van der Waals surface area contributed by atoms with E-state index in [-0.39, 0.29) is 0 Å². The molecule has 3 saturated carbocycles. The van der Waals surface area contributed by atoms with Gasteiger partial charge in [-0.15, -0.1) is 0 Å². The molecule has 0 amide bonds. The van der Waals surface area contributed by atoms with Crippen LogP contribution in [0.25, 0.3) is 0 Å². The molecule has 3 aliphatic carbocycles. The first-order chi connectivity index (χ1) is 5.77. The van der Waals surface area contributed by atoms with Crippen LogP contribution >= 0.6 is 0 Å². The van der Waals surface area contributed by atoms with Gasteiger partial charge >= 0.3 is 0 Å². The second-order valence-corrected chi connectivity index (χ2v) is 5.67. The Labute approximate surface area is 75.7 Å². The predicted molar refractivity (Wildman–Crippen MR) is 50.8 cm³/mol. The fourth-order valence-electron chi connectivity index (χ4n) is 4.82. The molecule has 3 rings (SSSR count). The topological polar surface area (TPSA) is 0 Å². The van der Waals surface area contributed by atoms with Crippen molar-refractivity contribution in [1.82, 2.24) is 0 Å². The normalized spacial score (nSPS) is 62.5. The third-order valence-electron chi connectivity index (χ3n) is 5.18. The van der Waals surface area contributed by atoms with Crippen molar-refractivity contribution >= 4 is 0 Å². The first-order valence-electron chi connectivity index (χ1n) is 5.77. The lowest BCUT2D eigenvalue weighted by Gasteiger charge is -2.31. The molecule has 0 aromatic carbocycles. The van der Waals surface area contributed by atoms with Gasteiger partial charge in [-0.2, -0.15) is 0 Å². The highest BCUT2D eigenvalue weighted by molar-refractivity contribution is 5.03. The second kappa shape index (κ2) is 2.27. The zero-order valence-electron chi connectivity index (χ0n) is 8.29. The fraction of sp³-hybridized carbons (Fsp3) is 1.00. The monoisotopic (exact) mass is 164 g/mol. The van der Waals surface area contributed by atoms with Crippen molar-refractivity contribution in [2.75, 3.05) is 0 Å². The summed E-state index contributed by atoms with van der Waals surface area (Å²) >= 11 is 0. The van der Waals surface area contributed by atoms with Crippen LogP contribution < -0.4 is 0 Å². The number of hydrogen-bond acceptors (Lipinski definition) is 0. The van der Waals surface area contributed by atoms with Crippen LogP contribution in [-0.2, 0) is 0 Å². The minimum atomic E-state index is 1.07. The van der Waals surface area contributed by atoms with Crippen LogP contribution in [0.2, 0.25) is 0 Å². The summed E-state index contributed by atoms with van der Waals surface area (Å²) in [5, 5.41) is 0. The van der Waals surface area contributed by atoms with Gasteiger partial charge in [-0.1, -0.05) is 20.3 Å². The van der Waals surface area contributed by atoms with Gasteiger partial charge in [0.15, 0.2) is 0 Å². The molecule has 12 heavy (non-hydrogen) atoms. The summed E-state index contributed by atoms with van der Waals surface area (Å²) in [6.07, 6.45) is 6.27. The van der Waals surface area contributed by atoms with E-state index in [1.54, 1.807) is 19.3 Å². The van der Waals surface area contributed by atoms with Crippen molar-refractivity contribution < 1.29 is 0 Å². The molecule has 2 bridgehead atoms. The van der Waals surface area contributed by atoms with Crippen molar-refractivity contribution in [1.29, 1.82) is 0 Å². The molecule has 6 atom stereocenters. The summed E-state index contributed by atoms with van der Waals surface area (Å²) in [6, 6.07) is 0. The van der Waals surface area contributed by atoms with Crippen LogP contribution in [0.3, 0.4) is 0 Å². The van der Waals surface area contributed by atoms with E-state index in [2.05, 4.69) is 13.8 Å². The lowest BCUT2D eigenvalue weighted by atomic mass is 9.74. The average molecular weight is 164 g/mol. The molecule has 3 aliphatic rings. The molecule has 0 nitrogen and oxygen atoms in total. The summed E-state index contributed by atoms with van der Waals surface area (Å²) < 4.78 is 0. The van der Waals surface area contributed by atoms with Crippen molar-refractivity contribution in [2.24, 2.45) is 35.5 Å². The van der Waals surface area contributed by atoms with Gasteiger partial charge in [0.25, 0.3) is 0 Å². The molecule has 0 radical (unpaired) electrons. The van der Waals surface area contributed by atoms with Gasteiger partial charge in [0, 0.05) is 0 Å². The van der Waals surface area contributed by atoms with Gasteiger partial charge in [0.05, 0.1) is 0 Å². The van der Waals surface area contributed by atoms with Gasteiger partial charge in [-0.25, -0.2) is 0 Å². The fourth-order valence-corrected chi connectivity index (χ4v) is 4.82. The molecular weight excluding hydrogens is 144 g/mol. The van der Waals surface area contributed by atoms with Crippen LogP contribution in [0.15, 0.2) is 0 Å². The molecule has 0 saturated heterocycles. The summed E-state index contributed by atoms with van der Waals surface area (Å²) in [5.41, 5.74) is 0. The molecule has 3 fully saturated rings. The van der Waals surface area contributed by atoms with Crippen LogP contribution in [-0.4, -0.2) is 0 Å². The highest BCUT2D eigenvalue weighted by Crippen LogP contribution is 2.62. The lowest BCUT2D eigenvalue weighted by Crippen LogP contribution is -2.25. The van der Waals surface area contributed by atoms with Crippen LogP contribution in [0.4, 0.5) is 0 Å². The smallest absolute Gasteiger partial charge is 0.0329 e. The lowest BCUT2D eigenvalue weighted by molar-refractivity contribution is 0.176. The average Bonchev–Trinajstić information content (AvgIpc) is 2.62. The SMILES string of the molecule is CC1CC2CC1C1CCC(C)C21.